The maximum Gasteiger partial charge on any atom is 0.265 e. The molecule has 0 saturated carbocycles. The first kappa shape index (κ1) is 16.0. The van der Waals surface area contributed by atoms with Crippen LogP contribution in [0.5, 0.6) is 5.75 Å². The Bertz CT molecular complexity index is 608. The predicted molar refractivity (Wildman–Crippen MR) is 82.2 cm³/mol. The SMILES string of the molecule is CCN(CC)C(=O)CN1C(=O)COc2ccc(C(C)=O)cc21. The van der Waals surface area contributed by atoms with Crippen LogP contribution in [0, 0.1) is 0 Å². The monoisotopic (exact) mass is 304 g/mol. The summed E-state index contributed by atoms with van der Waals surface area (Å²) in [4.78, 5) is 39.0. The molecule has 1 aliphatic rings. The van der Waals surface area contributed by atoms with E-state index in [0.29, 0.717) is 30.1 Å². The normalized spacial score (nSPS) is 13.4. The van der Waals surface area contributed by atoms with E-state index in [4.69, 9.17) is 4.74 Å². The van der Waals surface area contributed by atoms with Gasteiger partial charge >= 0.3 is 0 Å². The summed E-state index contributed by atoms with van der Waals surface area (Å²) in [6.07, 6.45) is 0. The third-order valence-corrected chi connectivity index (χ3v) is 3.72. The van der Waals surface area contributed by atoms with E-state index < -0.39 is 0 Å². The molecule has 0 saturated heterocycles. The Balaban J connectivity index is 2.32. The molecule has 0 unspecified atom stereocenters. The Morgan fingerprint density at radius 3 is 2.55 bits per heavy atom. The maximum atomic E-state index is 12.3. The van der Waals surface area contributed by atoms with Crippen LogP contribution in [0.2, 0.25) is 0 Å². The van der Waals surface area contributed by atoms with Crippen molar-refractivity contribution in [1.29, 1.82) is 0 Å². The number of ether oxygens (including phenoxy) is 1. The number of nitrogens with zero attached hydrogens (tertiary/aromatic N) is 2. The van der Waals surface area contributed by atoms with Crippen LogP contribution < -0.4 is 9.64 Å². The molecule has 2 rings (SSSR count). The van der Waals surface area contributed by atoms with Gasteiger partial charge in [0.15, 0.2) is 12.4 Å². The van der Waals surface area contributed by atoms with Crippen LogP contribution in [0.1, 0.15) is 31.1 Å². The Kier molecular flexibility index (Phi) is 4.80. The van der Waals surface area contributed by atoms with Crippen molar-refractivity contribution >= 4 is 23.3 Å². The topological polar surface area (TPSA) is 66.9 Å². The summed E-state index contributed by atoms with van der Waals surface area (Å²) in [6.45, 7) is 6.28. The molecule has 0 aliphatic carbocycles. The Morgan fingerprint density at radius 1 is 1.27 bits per heavy atom. The average molecular weight is 304 g/mol. The van der Waals surface area contributed by atoms with Gasteiger partial charge in [0.05, 0.1) is 5.69 Å². The van der Waals surface area contributed by atoms with Crippen molar-refractivity contribution < 1.29 is 19.1 Å². The number of ketones is 1. The van der Waals surface area contributed by atoms with Gasteiger partial charge in [0, 0.05) is 18.7 Å². The van der Waals surface area contributed by atoms with Crippen molar-refractivity contribution in [2.24, 2.45) is 0 Å². The van der Waals surface area contributed by atoms with E-state index in [1.54, 1.807) is 23.1 Å². The minimum atomic E-state index is -0.284. The van der Waals surface area contributed by atoms with E-state index in [1.165, 1.54) is 11.8 Å². The number of carbonyl (C=O) groups excluding carboxylic acids is 3. The number of benzene rings is 1. The van der Waals surface area contributed by atoms with Crippen molar-refractivity contribution in [2.45, 2.75) is 20.8 Å². The van der Waals surface area contributed by atoms with Gasteiger partial charge in [-0.25, -0.2) is 0 Å². The Morgan fingerprint density at radius 2 is 1.95 bits per heavy atom. The molecule has 0 spiro atoms. The van der Waals surface area contributed by atoms with Crippen molar-refractivity contribution in [3.8, 4) is 5.75 Å². The molecule has 22 heavy (non-hydrogen) atoms. The number of hydrogen-bond donors (Lipinski definition) is 0. The van der Waals surface area contributed by atoms with Crippen LogP contribution >= 0.6 is 0 Å². The van der Waals surface area contributed by atoms with Gasteiger partial charge in [-0.2, -0.15) is 0 Å². The van der Waals surface area contributed by atoms with Crippen LogP contribution in [-0.4, -0.2) is 48.7 Å². The molecule has 2 amide bonds. The van der Waals surface area contributed by atoms with Gasteiger partial charge in [0.2, 0.25) is 5.91 Å². The fourth-order valence-corrected chi connectivity index (χ4v) is 2.41. The van der Waals surface area contributed by atoms with Crippen LogP contribution in [0.4, 0.5) is 5.69 Å². The lowest BCUT2D eigenvalue weighted by Crippen LogP contribution is -2.46. The molecular formula is C16H20N2O4. The van der Waals surface area contributed by atoms with Gasteiger partial charge in [0.25, 0.3) is 5.91 Å². The summed E-state index contributed by atoms with van der Waals surface area (Å²) < 4.78 is 5.37. The highest BCUT2D eigenvalue weighted by Gasteiger charge is 2.29. The molecule has 1 aliphatic heterocycles. The lowest BCUT2D eigenvalue weighted by molar-refractivity contribution is -0.131. The van der Waals surface area contributed by atoms with Crippen molar-refractivity contribution in [1.82, 2.24) is 4.90 Å². The fourth-order valence-electron chi connectivity index (χ4n) is 2.41. The third kappa shape index (κ3) is 3.10. The first-order valence-electron chi connectivity index (χ1n) is 7.33. The highest BCUT2D eigenvalue weighted by Crippen LogP contribution is 2.33. The van der Waals surface area contributed by atoms with Crippen LogP contribution in [0.25, 0.3) is 0 Å². The quantitative estimate of drug-likeness (QED) is 0.773. The van der Waals surface area contributed by atoms with Crippen LogP contribution in [0.3, 0.4) is 0 Å². The number of hydrogen-bond acceptors (Lipinski definition) is 4. The van der Waals surface area contributed by atoms with Crippen LogP contribution in [0.15, 0.2) is 18.2 Å². The van der Waals surface area contributed by atoms with E-state index in [-0.39, 0.29) is 30.7 Å². The minimum absolute atomic E-state index is 0.0434. The molecule has 1 aromatic rings. The Hall–Kier alpha value is -2.37. The number of carbonyl (C=O) groups is 3. The van der Waals surface area contributed by atoms with Crippen molar-refractivity contribution in [3.05, 3.63) is 23.8 Å². The maximum absolute atomic E-state index is 12.3. The molecule has 0 atom stereocenters. The van der Waals surface area contributed by atoms with Crippen molar-refractivity contribution in [3.63, 3.8) is 0 Å². The highest BCUT2D eigenvalue weighted by atomic mass is 16.5. The van der Waals surface area contributed by atoms with E-state index in [0.717, 1.165) is 0 Å². The highest BCUT2D eigenvalue weighted by molar-refractivity contribution is 6.04. The number of likely N-dealkylation sites (N-methyl/N-ethyl adjacent to an activating group) is 1. The summed E-state index contributed by atoms with van der Waals surface area (Å²) >= 11 is 0. The molecular weight excluding hydrogens is 284 g/mol. The Labute approximate surface area is 129 Å². The minimum Gasteiger partial charge on any atom is -0.482 e. The van der Waals surface area contributed by atoms with Gasteiger partial charge in [-0.3, -0.25) is 19.3 Å². The summed E-state index contributed by atoms with van der Waals surface area (Å²) in [5.41, 5.74) is 0.960. The van der Waals surface area contributed by atoms with Gasteiger partial charge in [-0.05, 0) is 39.0 Å². The molecule has 6 heteroatoms. The zero-order valence-corrected chi connectivity index (χ0v) is 13.1. The van der Waals surface area contributed by atoms with Crippen LogP contribution in [-0.2, 0) is 9.59 Å². The lowest BCUT2D eigenvalue weighted by Gasteiger charge is -2.31. The molecule has 6 nitrogen and oxygen atoms in total. The fraction of sp³-hybridized carbons (Fsp3) is 0.438. The molecule has 1 aromatic carbocycles. The van der Waals surface area contributed by atoms with Gasteiger partial charge in [0.1, 0.15) is 12.3 Å². The summed E-state index contributed by atoms with van der Waals surface area (Å²) in [5, 5.41) is 0. The molecule has 0 N–H and O–H groups in total. The number of Topliss-reactive ketones (excluding diaryl/α,β-unsaturated/α-hetero) is 1. The summed E-state index contributed by atoms with van der Waals surface area (Å²) in [5.74, 6) is 0.000857. The number of amides is 2. The average Bonchev–Trinajstić information content (AvgIpc) is 2.50. The largest absolute Gasteiger partial charge is 0.482 e. The molecule has 0 radical (unpaired) electrons. The first-order chi connectivity index (χ1) is 10.5. The molecule has 0 aromatic heterocycles. The molecule has 0 bridgehead atoms. The van der Waals surface area contributed by atoms with Gasteiger partial charge < -0.3 is 9.64 Å². The summed E-state index contributed by atoms with van der Waals surface area (Å²) in [6, 6.07) is 4.92. The van der Waals surface area contributed by atoms with Crippen molar-refractivity contribution in [2.75, 3.05) is 31.1 Å². The number of rotatable bonds is 5. The molecule has 0 fully saturated rings. The molecule has 118 valence electrons. The van der Waals surface area contributed by atoms with E-state index in [2.05, 4.69) is 0 Å². The number of anilines is 1. The predicted octanol–water partition coefficient (Wildman–Crippen LogP) is 1.48. The second kappa shape index (κ2) is 6.60. The van der Waals surface area contributed by atoms with E-state index in [1.807, 2.05) is 13.8 Å². The second-order valence-electron chi connectivity index (χ2n) is 5.07. The van der Waals surface area contributed by atoms with Gasteiger partial charge in [-0.1, -0.05) is 0 Å². The molecule has 1 heterocycles. The number of fused-ring (bicyclic) bond motifs is 1. The third-order valence-electron chi connectivity index (χ3n) is 3.72. The first-order valence-corrected chi connectivity index (χ1v) is 7.33. The standard InChI is InChI=1S/C16H20N2O4/c1-4-17(5-2)15(20)9-18-13-8-12(11(3)19)6-7-14(13)22-10-16(18)21/h6-8H,4-5,9-10H2,1-3H3. The smallest absolute Gasteiger partial charge is 0.265 e. The lowest BCUT2D eigenvalue weighted by atomic mass is 10.1. The zero-order chi connectivity index (χ0) is 16.3. The second-order valence-corrected chi connectivity index (χ2v) is 5.07. The summed E-state index contributed by atoms with van der Waals surface area (Å²) in [7, 11) is 0. The van der Waals surface area contributed by atoms with Gasteiger partial charge in [-0.15, -0.1) is 0 Å². The van der Waals surface area contributed by atoms with E-state index in [9.17, 15) is 14.4 Å². The zero-order valence-electron chi connectivity index (χ0n) is 13.1. The van der Waals surface area contributed by atoms with E-state index >= 15 is 0 Å².